The first-order valence-electron chi connectivity index (χ1n) is 6.42. The highest BCUT2D eigenvalue weighted by molar-refractivity contribution is 8.02. The SMILES string of the molecule is Cc1csc(SC(C)C(=O)c2c(N)n(C)c(=O)n(C)c2=O)n1. The van der Waals surface area contributed by atoms with Crippen LogP contribution in [0.15, 0.2) is 19.3 Å². The second-order valence-corrected chi connectivity index (χ2v) is 7.29. The van der Waals surface area contributed by atoms with Crippen LogP contribution in [0.3, 0.4) is 0 Å². The van der Waals surface area contributed by atoms with E-state index in [9.17, 15) is 14.4 Å². The third-order valence-electron chi connectivity index (χ3n) is 3.20. The summed E-state index contributed by atoms with van der Waals surface area (Å²) in [4.78, 5) is 40.8. The lowest BCUT2D eigenvalue weighted by Gasteiger charge is -2.13. The predicted molar refractivity (Wildman–Crippen MR) is 87.8 cm³/mol. The van der Waals surface area contributed by atoms with Gasteiger partial charge in [0, 0.05) is 25.2 Å². The van der Waals surface area contributed by atoms with E-state index in [0.717, 1.165) is 19.2 Å². The van der Waals surface area contributed by atoms with Crippen molar-refractivity contribution in [3.05, 3.63) is 37.5 Å². The van der Waals surface area contributed by atoms with Crippen LogP contribution >= 0.6 is 23.1 Å². The minimum atomic E-state index is -0.673. The first-order chi connectivity index (χ1) is 10.2. The topological polar surface area (TPSA) is 100.0 Å². The highest BCUT2D eigenvalue weighted by atomic mass is 32.2. The first kappa shape index (κ1) is 16.5. The molecule has 7 nitrogen and oxygen atoms in total. The maximum Gasteiger partial charge on any atom is 0.332 e. The van der Waals surface area contributed by atoms with Gasteiger partial charge in [-0.3, -0.25) is 18.7 Å². The molecule has 118 valence electrons. The molecular weight excluding hydrogens is 324 g/mol. The van der Waals surface area contributed by atoms with E-state index in [0.29, 0.717) is 0 Å². The van der Waals surface area contributed by atoms with Crippen molar-refractivity contribution >= 4 is 34.7 Å². The van der Waals surface area contributed by atoms with Gasteiger partial charge in [0.05, 0.1) is 5.25 Å². The fourth-order valence-corrected chi connectivity index (χ4v) is 3.93. The van der Waals surface area contributed by atoms with Crippen LogP contribution in [0.25, 0.3) is 0 Å². The number of aryl methyl sites for hydroxylation is 1. The van der Waals surface area contributed by atoms with Crippen LogP contribution in [0.5, 0.6) is 0 Å². The number of hydrogen-bond donors (Lipinski definition) is 1. The van der Waals surface area contributed by atoms with Gasteiger partial charge >= 0.3 is 5.69 Å². The number of anilines is 1. The molecule has 22 heavy (non-hydrogen) atoms. The lowest BCUT2D eigenvalue weighted by Crippen LogP contribution is -2.42. The zero-order valence-corrected chi connectivity index (χ0v) is 14.2. The lowest BCUT2D eigenvalue weighted by atomic mass is 10.1. The number of nitrogens with two attached hydrogens (primary N) is 1. The Bertz CT molecular complexity index is 850. The summed E-state index contributed by atoms with van der Waals surface area (Å²) in [5.74, 6) is -0.521. The van der Waals surface area contributed by atoms with Crippen LogP contribution in [-0.2, 0) is 14.1 Å². The highest BCUT2D eigenvalue weighted by Crippen LogP contribution is 2.28. The van der Waals surface area contributed by atoms with Crippen molar-refractivity contribution in [2.45, 2.75) is 23.4 Å². The molecule has 0 aliphatic rings. The molecule has 0 aromatic carbocycles. The van der Waals surface area contributed by atoms with Gasteiger partial charge in [0.15, 0.2) is 10.1 Å². The molecule has 0 spiro atoms. The van der Waals surface area contributed by atoms with E-state index in [-0.39, 0.29) is 11.4 Å². The summed E-state index contributed by atoms with van der Waals surface area (Å²) in [7, 11) is 2.75. The summed E-state index contributed by atoms with van der Waals surface area (Å²) < 4.78 is 2.73. The third kappa shape index (κ3) is 2.86. The molecule has 0 saturated heterocycles. The highest BCUT2D eigenvalue weighted by Gasteiger charge is 2.25. The van der Waals surface area contributed by atoms with Crippen molar-refractivity contribution < 1.29 is 4.79 Å². The van der Waals surface area contributed by atoms with Gasteiger partial charge in [-0.25, -0.2) is 9.78 Å². The number of aromatic nitrogens is 3. The molecule has 0 saturated carbocycles. The fraction of sp³-hybridized carbons (Fsp3) is 0.385. The van der Waals surface area contributed by atoms with E-state index in [1.807, 2.05) is 12.3 Å². The molecule has 0 aliphatic carbocycles. The van der Waals surface area contributed by atoms with Gasteiger partial charge < -0.3 is 5.73 Å². The van der Waals surface area contributed by atoms with E-state index in [2.05, 4.69) is 4.98 Å². The quantitative estimate of drug-likeness (QED) is 0.652. The lowest BCUT2D eigenvalue weighted by molar-refractivity contribution is 0.0992. The van der Waals surface area contributed by atoms with Crippen LogP contribution in [-0.4, -0.2) is 25.2 Å². The van der Waals surface area contributed by atoms with Crippen LogP contribution in [0.2, 0.25) is 0 Å². The Kier molecular flexibility index (Phi) is 4.57. The molecule has 2 aromatic rings. The van der Waals surface area contributed by atoms with Crippen LogP contribution in [0, 0.1) is 6.92 Å². The molecular formula is C13H16N4O3S2. The Labute approximate surface area is 134 Å². The fourth-order valence-electron chi connectivity index (χ4n) is 1.89. The largest absolute Gasteiger partial charge is 0.384 e. The van der Waals surface area contributed by atoms with Gasteiger partial charge in [0.25, 0.3) is 5.56 Å². The molecule has 0 fully saturated rings. The van der Waals surface area contributed by atoms with Gasteiger partial charge in [-0.1, -0.05) is 11.8 Å². The molecule has 1 unspecified atom stereocenters. The summed E-state index contributed by atoms with van der Waals surface area (Å²) in [6.45, 7) is 3.56. The van der Waals surface area contributed by atoms with Crippen molar-refractivity contribution in [3.63, 3.8) is 0 Å². The van der Waals surface area contributed by atoms with Gasteiger partial charge in [-0.2, -0.15) is 0 Å². The van der Waals surface area contributed by atoms with E-state index in [1.54, 1.807) is 6.92 Å². The summed E-state index contributed by atoms with van der Waals surface area (Å²) in [5, 5.41) is 1.36. The number of Topliss-reactive ketones (excluding diaryl/α,β-unsaturated/α-hetero) is 1. The maximum absolute atomic E-state index is 12.6. The Morgan fingerprint density at radius 1 is 1.36 bits per heavy atom. The summed E-state index contributed by atoms with van der Waals surface area (Å²) >= 11 is 2.70. The third-order valence-corrected chi connectivity index (χ3v) is 5.39. The molecule has 2 heterocycles. The number of carbonyl (C=O) groups excluding carboxylic acids is 1. The van der Waals surface area contributed by atoms with Gasteiger partial charge in [-0.15, -0.1) is 11.3 Å². The Morgan fingerprint density at radius 3 is 2.55 bits per heavy atom. The second-order valence-electron chi connectivity index (χ2n) is 4.85. The monoisotopic (exact) mass is 340 g/mol. The minimum absolute atomic E-state index is 0.110. The van der Waals surface area contributed by atoms with Crippen molar-refractivity contribution in [1.82, 2.24) is 14.1 Å². The second kappa shape index (κ2) is 6.09. The zero-order chi connectivity index (χ0) is 16.6. The average molecular weight is 340 g/mol. The molecule has 0 bridgehead atoms. The summed E-state index contributed by atoms with van der Waals surface area (Å²) in [6.07, 6.45) is 0. The molecule has 1 atom stereocenters. The van der Waals surface area contributed by atoms with Crippen molar-refractivity contribution in [1.29, 1.82) is 0 Å². The van der Waals surface area contributed by atoms with Gasteiger partial charge in [0.2, 0.25) is 0 Å². The van der Waals surface area contributed by atoms with Gasteiger partial charge in [0.1, 0.15) is 11.4 Å². The number of rotatable bonds is 4. The number of carbonyl (C=O) groups is 1. The molecule has 9 heteroatoms. The maximum atomic E-state index is 12.6. The molecule has 0 radical (unpaired) electrons. The van der Waals surface area contributed by atoms with Crippen molar-refractivity contribution in [3.8, 4) is 0 Å². The van der Waals surface area contributed by atoms with E-state index < -0.39 is 22.3 Å². The molecule has 0 amide bonds. The average Bonchev–Trinajstić information content (AvgIpc) is 2.88. The number of thioether (sulfide) groups is 1. The van der Waals surface area contributed by atoms with Crippen LogP contribution < -0.4 is 17.0 Å². The van der Waals surface area contributed by atoms with Crippen molar-refractivity contribution in [2.24, 2.45) is 14.1 Å². The first-order valence-corrected chi connectivity index (χ1v) is 8.18. The minimum Gasteiger partial charge on any atom is -0.384 e. The van der Waals surface area contributed by atoms with E-state index >= 15 is 0 Å². The smallest absolute Gasteiger partial charge is 0.332 e. The Balaban J connectivity index is 2.41. The molecule has 2 N–H and O–H groups in total. The van der Waals surface area contributed by atoms with Crippen LogP contribution in [0.1, 0.15) is 23.0 Å². The van der Waals surface area contributed by atoms with E-state index in [1.165, 1.54) is 37.2 Å². The molecule has 0 aliphatic heterocycles. The van der Waals surface area contributed by atoms with E-state index in [4.69, 9.17) is 5.73 Å². The summed E-state index contributed by atoms with van der Waals surface area (Å²) in [6, 6.07) is 0. The van der Waals surface area contributed by atoms with Gasteiger partial charge in [-0.05, 0) is 13.8 Å². The number of hydrogen-bond acceptors (Lipinski definition) is 7. The number of nitrogens with zero attached hydrogens (tertiary/aromatic N) is 3. The number of thiazole rings is 1. The number of ketones is 1. The summed E-state index contributed by atoms with van der Waals surface area (Å²) in [5.41, 5.74) is 5.29. The van der Waals surface area contributed by atoms with Crippen LogP contribution in [0.4, 0.5) is 5.82 Å². The predicted octanol–water partition coefficient (Wildman–Crippen LogP) is 0.795. The Morgan fingerprint density at radius 2 is 2.00 bits per heavy atom. The zero-order valence-electron chi connectivity index (χ0n) is 12.6. The normalized spacial score (nSPS) is 12.4. The van der Waals surface area contributed by atoms with Crippen molar-refractivity contribution in [2.75, 3.05) is 5.73 Å². The molecule has 2 aromatic heterocycles. The standard InChI is InChI=1S/C13H16N4O3S2/c1-6-5-21-12(15-6)22-7(2)9(18)8-10(14)16(3)13(20)17(4)11(8)19/h5,7H,14H2,1-4H3. The number of nitrogen functional groups attached to an aromatic ring is 1. The Hall–Kier alpha value is -1.87. The molecule has 2 rings (SSSR count).